The predicted molar refractivity (Wildman–Crippen MR) is 51.8 cm³/mol. The number of hydrogen-bond donors (Lipinski definition) is 1. The van der Waals surface area contributed by atoms with Crippen LogP contribution in [0.1, 0.15) is 0 Å². The fourth-order valence-corrected chi connectivity index (χ4v) is 1.32. The van der Waals surface area contributed by atoms with E-state index in [4.69, 9.17) is 0 Å². The Morgan fingerprint density at radius 1 is 1.38 bits per heavy atom. The molecule has 0 unspecified atom stereocenters. The van der Waals surface area contributed by atoms with Crippen LogP contribution in [-0.4, -0.2) is 57.7 Å². The summed E-state index contributed by atoms with van der Waals surface area (Å²) in [6, 6.07) is -0.957. The van der Waals surface area contributed by atoms with Gasteiger partial charge in [0.25, 0.3) is 0 Å². The van der Waals surface area contributed by atoms with Gasteiger partial charge in [0.2, 0.25) is 0 Å². The molecule has 0 spiro atoms. The molecule has 0 saturated carbocycles. The highest BCUT2D eigenvalue weighted by Gasteiger charge is 2.28. The molecule has 5 nitrogen and oxygen atoms in total. The van der Waals surface area contributed by atoms with Crippen molar-refractivity contribution in [1.82, 2.24) is 10.2 Å². The minimum absolute atomic E-state index is 0.150. The normalized spacial score (nSPS) is 12.3. The van der Waals surface area contributed by atoms with E-state index in [-0.39, 0.29) is 12.3 Å². The van der Waals surface area contributed by atoms with E-state index in [1.54, 1.807) is 5.32 Å². The highest BCUT2D eigenvalue weighted by Crippen LogP contribution is 2.12. The van der Waals surface area contributed by atoms with E-state index in [0.717, 1.165) is 11.2 Å². The molecule has 0 heterocycles. The van der Waals surface area contributed by atoms with E-state index in [1.165, 1.54) is 7.05 Å². The lowest BCUT2D eigenvalue weighted by molar-refractivity contribution is -0.123. The molecular weight excluding hydrogens is 249 g/mol. The van der Waals surface area contributed by atoms with Crippen molar-refractivity contribution in [1.29, 1.82) is 0 Å². The van der Waals surface area contributed by atoms with Crippen molar-refractivity contribution in [3.05, 3.63) is 0 Å². The van der Waals surface area contributed by atoms with Crippen LogP contribution in [0.3, 0.4) is 0 Å². The molecule has 0 aliphatic heterocycles. The highest BCUT2D eigenvalue weighted by molar-refractivity contribution is 7.90. The van der Waals surface area contributed by atoms with Gasteiger partial charge in [-0.2, -0.15) is 13.2 Å². The second-order valence-corrected chi connectivity index (χ2v) is 5.59. The van der Waals surface area contributed by atoms with Gasteiger partial charge < -0.3 is 10.2 Å². The van der Waals surface area contributed by atoms with Gasteiger partial charge in [-0.25, -0.2) is 13.2 Å². The molecule has 16 heavy (non-hydrogen) atoms. The van der Waals surface area contributed by atoms with Gasteiger partial charge in [0.1, 0.15) is 16.4 Å². The summed E-state index contributed by atoms with van der Waals surface area (Å²) < 4.78 is 56.7. The maximum atomic E-state index is 11.7. The Balaban J connectivity index is 4.01. The summed E-state index contributed by atoms with van der Waals surface area (Å²) in [6.45, 7) is -1.59. The largest absolute Gasteiger partial charge is 0.405 e. The number of carbonyl (C=O) groups excluding carboxylic acids is 1. The Bertz CT molecular complexity index is 339. The Morgan fingerprint density at radius 2 is 1.88 bits per heavy atom. The fraction of sp³-hybridized carbons (Fsp3) is 0.857. The first kappa shape index (κ1) is 15.0. The fourth-order valence-electron chi connectivity index (χ4n) is 0.715. The average molecular weight is 262 g/mol. The van der Waals surface area contributed by atoms with Crippen molar-refractivity contribution in [2.75, 3.05) is 32.1 Å². The number of nitrogens with zero attached hydrogens (tertiary/aromatic N) is 1. The molecule has 9 heteroatoms. The molecule has 1 N–H and O–H groups in total. The van der Waals surface area contributed by atoms with E-state index in [0.29, 0.717) is 0 Å². The van der Waals surface area contributed by atoms with Gasteiger partial charge in [-0.15, -0.1) is 0 Å². The standard InChI is InChI=1S/C7H13F3N2O3S/c1-12(3-4-16(2,14)15)6(13)11-5-7(8,9)10/h3-5H2,1-2H3,(H,11,13). The van der Waals surface area contributed by atoms with Gasteiger partial charge in [-0.05, 0) is 0 Å². The number of carbonyl (C=O) groups is 1. The summed E-state index contributed by atoms with van der Waals surface area (Å²) in [4.78, 5) is 11.9. The van der Waals surface area contributed by atoms with Gasteiger partial charge in [-0.1, -0.05) is 0 Å². The maximum Gasteiger partial charge on any atom is 0.405 e. The SMILES string of the molecule is CN(CCS(C)(=O)=O)C(=O)NCC(F)(F)F. The molecule has 96 valence electrons. The van der Waals surface area contributed by atoms with Crippen LogP contribution >= 0.6 is 0 Å². The molecule has 0 aliphatic rings. The molecule has 0 aliphatic carbocycles. The van der Waals surface area contributed by atoms with Crippen LogP contribution in [0.15, 0.2) is 0 Å². The average Bonchev–Trinajstić information content (AvgIpc) is 2.07. The van der Waals surface area contributed by atoms with Crippen LogP contribution < -0.4 is 5.32 Å². The molecule has 2 amide bonds. The number of hydrogen-bond acceptors (Lipinski definition) is 3. The minimum atomic E-state index is -4.48. The lowest BCUT2D eigenvalue weighted by Gasteiger charge is -2.18. The molecule has 0 aromatic rings. The van der Waals surface area contributed by atoms with Crippen LogP contribution in [0.25, 0.3) is 0 Å². The maximum absolute atomic E-state index is 11.7. The quantitative estimate of drug-likeness (QED) is 0.789. The third-order valence-corrected chi connectivity index (χ3v) is 2.51. The zero-order valence-corrected chi connectivity index (χ0v) is 9.65. The first-order valence-electron chi connectivity index (χ1n) is 4.25. The number of halogens is 3. The number of nitrogens with one attached hydrogen (secondary N) is 1. The molecule has 0 aromatic heterocycles. The van der Waals surface area contributed by atoms with Crippen LogP contribution in [-0.2, 0) is 9.84 Å². The van der Waals surface area contributed by atoms with Gasteiger partial charge >= 0.3 is 12.2 Å². The van der Waals surface area contributed by atoms with E-state index in [1.807, 2.05) is 0 Å². The Labute approximate surface area is 91.5 Å². The van der Waals surface area contributed by atoms with Crippen molar-refractivity contribution in [3.63, 3.8) is 0 Å². The van der Waals surface area contributed by atoms with E-state index < -0.39 is 28.6 Å². The third-order valence-electron chi connectivity index (χ3n) is 1.58. The number of alkyl halides is 3. The van der Waals surface area contributed by atoms with Crippen molar-refractivity contribution in [2.24, 2.45) is 0 Å². The monoisotopic (exact) mass is 262 g/mol. The Morgan fingerprint density at radius 3 is 2.25 bits per heavy atom. The second-order valence-electron chi connectivity index (χ2n) is 3.33. The summed E-state index contributed by atoms with van der Waals surface area (Å²) >= 11 is 0. The summed E-state index contributed by atoms with van der Waals surface area (Å²) in [5, 5.41) is 1.63. The molecule has 0 atom stereocenters. The molecule has 0 rings (SSSR count). The molecule has 0 radical (unpaired) electrons. The van der Waals surface area contributed by atoms with Gasteiger partial charge in [0, 0.05) is 19.8 Å². The Hall–Kier alpha value is -0.990. The second kappa shape index (κ2) is 5.37. The van der Waals surface area contributed by atoms with Gasteiger partial charge in [0.05, 0.1) is 5.75 Å². The van der Waals surface area contributed by atoms with Crippen molar-refractivity contribution in [3.8, 4) is 0 Å². The number of sulfone groups is 1. The van der Waals surface area contributed by atoms with E-state index in [9.17, 15) is 26.4 Å². The van der Waals surface area contributed by atoms with Crippen molar-refractivity contribution < 1.29 is 26.4 Å². The first-order valence-corrected chi connectivity index (χ1v) is 6.31. The lowest BCUT2D eigenvalue weighted by Crippen LogP contribution is -2.43. The summed E-state index contributed by atoms with van der Waals surface area (Å²) in [5.41, 5.74) is 0. The minimum Gasteiger partial charge on any atom is -0.329 e. The third kappa shape index (κ3) is 8.33. The van der Waals surface area contributed by atoms with Crippen LogP contribution in [0.2, 0.25) is 0 Å². The molecule has 0 saturated heterocycles. The summed E-state index contributed by atoms with van der Waals surface area (Å²) in [7, 11) is -2.02. The van der Waals surface area contributed by atoms with Crippen LogP contribution in [0.4, 0.5) is 18.0 Å². The zero-order chi connectivity index (χ0) is 13.0. The van der Waals surface area contributed by atoms with Crippen molar-refractivity contribution >= 4 is 15.9 Å². The lowest BCUT2D eigenvalue weighted by atomic mass is 10.6. The summed E-state index contributed by atoms with van der Waals surface area (Å²) in [6.07, 6.45) is -3.50. The van der Waals surface area contributed by atoms with E-state index >= 15 is 0 Å². The zero-order valence-electron chi connectivity index (χ0n) is 8.84. The predicted octanol–water partition coefficient (Wildman–Crippen LogP) is 0.235. The Kier molecular flexibility index (Phi) is 5.04. The number of rotatable bonds is 4. The first-order chi connectivity index (χ1) is 7.01. The summed E-state index contributed by atoms with van der Waals surface area (Å²) in [5.74, 6) is -0.289. The van der Waals surface area contributed by atoms with Crippen LogP contribution in [0.5, 0.6) is 0 Å². The topological polar surface area (TPSA) is 66.5 Å². The van der Waals surface area contributed by atoms with Crippen LogP contribution in [0, 0.1) is 0 Å². The number of urea groups is 1. The molecule has 0 bridgehead atoms. The number of amides is 2. The van der Waals surface area contributed by atoms with Gasteiger partial charge in [-0.3, -0.25) is 0 Å². The van der Waals surface area contributed by atoms with E-state index in [2.05, 4.69) is 0 Å². The van der Waals surface area contributed by atoms with Gasteiger partial charge in [0.15, 0.2) is 0 Å². The molecule has 0 fully saturated rings. The molecular formula is C7H13F3N2O3S. The smallest absolute Gasteiger partial charge is 0.329 e. The van der Waals surface area contributed by atoms with Crippen molar-refractivity contribution in [2.45, 2.75) is 6.18 Å². The molecule has 0 aromatic carbocycles. The highest BCUT2D eigenvalue weighted by atomic mass is 32.2.